The molecular formula is C12H25NS. The highest BCUT2D eigenvalue weighted by atomic mass is 32.1. The fraction of sp³-hybridized carbons (Fsp3) is 1.00. The lowest BCUT2D eigenvalue weighted by Crippen LogP contribution is -2.40. The summed E-state index contributed by atoms with van der Waals surface area (Å²) in [5.41, 5.74) is 0.535. The van der Waals surface area contributed by atoms with Gasteiger partial charge >= 0.3 is 0 Å². The molecule has 0 aromatic heterocycles. The molecule has 0 amide bonds. The summed E-state index contributed by atoms with van der Waals surface area (Å²) >= 11 is 4.57. The van der Waals surface area contributed by atoms with E-state index in [0.717, 1.165) is 5.75 Å². The van der Waals surface area contributed by atoms with Crippen molar-refractivity contribution in [1.29, 1.82) is 0 Å². The van der Waals surface area contributed by atoms with E-state index in [2.05, 4.69) is 31.4 Å². The van der Waals surface area contributed by atoms with Crippen molar-refractivity contribution in [3.8, 4) is 0 Å². The third-order valence-electron chi connectivity index (χ3n) is 3.70. The van der Waals surface area contributed by atoms with Crippen LogP contribution in [-0.2, 0) is 0 Å². The van der Waals surface area contributed by atoms with Crippen molar-refractivity contribution < 1.29 is 0 Å². The van der Waals surface area contributed by atoms with Gasteiger partial charge in [0.15, 0.2) is 0 Å². The molecule has 1 fully saturated rings. The molecule has 0 unspecified atom stereocenters. The lowest BCUT2D eigenvalue weighted by atomic mass is 9.75. The van der Waals surface area contributed by atoms with Gasteiger partial charge in [0.25, 0.3) is 0 Å². The summed E-state index contributed by atoms with van der Waals surface area (Å²) in [6, 6.07) is 0. The van der Waals surface area contributed by atoms with E-state index >= 15 is 0 Å². The zero-order valence-corrected chi connectivity index (χ0v) is 10.7. The van der Waals surface area contributed by atoms with Crippen LogP contribution in [0.4, 0.5) is 0 Å². The number of rotatable bonds is 5. The van der Waals surface area contributed by atoms with E-state index in [1.165, 1.54) is 51.7 Å². The zero-order chi connectivity index (χ0) is 10.4. The molecule has 0 aliphatic heterocycles. The summed E-state index contributed by atoms with van der Waals surface area (Å²) in [7, 11) is 0. The smallest absolute Gasteiger partial charge is 0.00456 e. The first-order valence-electron chi connectivity index (χ1n) is 6.09. The van der Waals surface area contributed by atoms with Crippen molar-refractivity contribution in [3.63, 3.8) is 0 Å². The Bertz CT molecular complexity index is 148. The summed E-state index contributed by atoms with van der Waals surface area (Å²) in [5, 5.41) is 0. The summed E-state index contributed by atoms with van der Waals surface area (Å²) in [6.45, 7) is 8.17. The lowest BCUT2D eigenvalue weighted by molar-refractivity contribution is 0.134. The van der Waals surface area contributed by atoms with E-state index in [1.807, 2.05) is 0 Å². The molecule has 1 aliphatic rings. The molecule has 0 aromatic rings. The van der Waals surface area contributed by atoms with Crippen molar-refractivity contribution in [2.45, 2.75) is 46.0 Å². The van der Waals surface area contributed by atoms with Crippen LogP contribution in [-0.4, -0.2) is 30.3 Å². The van der Waals surface area contributed by atoms with Crippen molar-refractivity contribution in [2.24, 2.45) is 5.41 Å². The van der Waals surface area contributed by atoms with Gasteiger partial charge in [0.2, 0.25) is 0 Å². The van der Waals surface area contributed by atoms with E-state index in [0.29, 0.717) is 5.41 Å². The molecule has 1 rings (SSSR count). The molecule has 0 heterocycles. The molecule has 84 valence electrons. The molecule has 1 saturated carbocycles. The van der Waals surface area contributed by atoms with Crippen LogP contribution >= 0.6 is 12.6 Å². The van der Waals surface area contributed by atoms with Crippen LogP contribution in [0.1, 0.15) is 46.0 Å². The highest BCUT2D eigenvalue weighted by molar-refractivity contribution is 7.80. The van der Waals surface area contributed by atoms with Crippen LogP contribution in [0, 0.1) is 5.41 Å². The summed E-state index contributed by atoms with van der Waals surface area (Å²) in [6.07, 6.45) is 7.07. The predicted molar refractivity (Wildman–Crippen MR) is 67.2 cm³/mol. The minimum absolute atomic E-state index is 0.535. The third kappa shape index (κ3) is 3.16. The second kappa shape index (κ2) is 6.02. The summed E-state index contributed by atoms with van der Waals surface area (Å²) in [5.74, 6) is 1.07. The average molecular weight is 215 g/mol. The van der Waals surface area contributed by atoms with E-state index in [4.69, 9.17) is 0 Å². The second-order valence-corrected chi connectivity index (χ2v) is 5.00. The highest BCUT2D eigenvalue weighted by Crippen LogP contribution is 2.37. The topological polar surface area (TPSA) is 3.24 Å². The molecular weight excluding hydrogens is 190 g/mol. The molecule has 0 N–H and O–H groups in total. The first-order chi connectivity index (χ1) is 6.76. The van der Waals surface area contributed by atoms with Gasteiger partial charge < -0.3 is 4.90 Å². The van der Waals surface area contributed by atoms with Crippen LogP contribution < -0.4 is 0 Å². The summed E-state index contributed by atoms with van der Waals surface area (Å²) in [4.78, 5) is 2.56. The van der Waals surface area contributed by atoms with E-state index in [9.17, 15) is 0 Å². The lowest BCUT2D eigenvalue weighted by Gasteiger charge is -2.39. The van der Waals surface area contributed by atoms with Gasteiger partial charge in [0.05, 0.1) is 0 Å². The standard InChI is InChI=1S/C12H25NS/c1-3-13(4-2)10-12(11-14)8-6-5-7-9-12/h14H,3-11H2,1-2H3. The van der Waals surface area contributed by atoms with Crippen LogP contribution in [0.2, 0.25) is 0 Å². The van der Waals surface area contributed by atoms with Gasteiger partial charge in [-0.25, -0.2) is 0 Å². The normalized spacial score (nSPS) is 21.4. The van der Waals surface area contributed by atoms with Crippen LogP contribution in [0.25, 0.3) is 0 Å². The van der Waals surface area contributed by atoms with Gasteiger partial charge in [0.1, 0.15) is 0 Å². The van der Waals surface area contributed by atoms with Crippen LogP contribution in [0.15, 0.2) is 0 Å². The van der Waals surface area contributed by atoms with Crippen LogP contribution in [0.5, 0.6) is 0 Å². The number of nitrogens with zero attached hydrogens (tertiary/aromatic N) is 1. The maximum Gasteiger partial charge on any atom is 0.00456 e. The predicted octanol–water partition coefficient (Wildman–Crippen LogP) is 3.21. The van der Waals surface area contributed by atoms with Crippen LogP contribution in [0.3, 0.4) is 0 Å². The minimum Gasteiger partial charge on any atom is -0.303 e. The Labute approximate surface area is 94.7 Å². The van der Waals surface area contributed by atoms with Gasteiger partial charge in [-0.3, -0.25) is 0 Å². The van der Waals surface area contributed by atoms with Gasteiger partial charge in [-0.1, -0.05) is 33.1 Å². The molecule has 1 aliphatic carbocycles. The number of thiol groups is 1. The SMILES string of the molecule is CCN(CC)CC1(CS)CCCCC1. The van der Waals surface area contributed by atoms with E-state index < -0.39 is 0 Å². The van der Waals surface area contributed by atoms with Gasteiger partial charge in [-0.05, 0) is 37.1 Å². The Morgan fingerprint density at radius 1 is 1.07 bits per heavy atom. The Hall–Kier alpha value is 0.310. The maximum atomic E-state index is 4.57. The van der Waals surface area contributed by atoms with Gasteiger partial charge in [-0.2, -0.15) is 12.6 Å². The van der Waals surface area contributed by atoms with Crippen molar-refractivity contribution in [2.75, 3.05) is 25.4 Å². The molecule has 0 spiro atoms. The molecule has 2 heteroatoms. The number of hydrogen-bond donors (Lipinski definition) is 1. The first-order valence-corrected chi connectivity index (χ1v) is 6.73. The van der Waals surface area contributed by atoms with Gasteiger partial charge in [-0.15, -0.1) is 0 Å². The Morgan fingerprint density at radius 2 is 1.64 bits per heavy atom. The van der Waals surface area contributed by atoms with Crippen molar-refractivity contribution in [3.05, 3.63) is 0 Å². The Balaban J connectivity index is 2.50. The summed E-state index contributed by atoms with van der Waals surface area (Å²) < 4.78 is 0. The molecule has 0 atom stereocenters. The maximum absolute atomic E-state index is 4.57. The van der Waals surface area contributed by atoms with E-state index in [1.54, 1.807) is 0 Å². The third-order valence-corrected chi connectivity index (χ3v) is 4.37. The zero-order valence-electron chi connectivity index (χ0n) is 9.76. The second-order valence-electron chi connectivity index (χ2n) is 4.68. The quantitative estimate of drug-likeness (QED) is 0.689. The Kier molecular flexibility index (Phi) is 5.32. The largest absolute Gasteiger partial charge is 0.303 e. The van der Waals surface area contributed by atoms with Crippen molar-refractivity contribution in [1.82, 2.24) is 4.90 Å². The molecule has 1 nitrogen and oxygen atoms in total. The first kappa shape index (κ1) is 12.4. The average Bonchev–Trinajstić information content (AvgIpc) is 2.27. The molecule has 0 bridgehead atoms. The van der Waals surface area contributed by atoms with E-state index in [-0.39, 0.29) is 0 Å². The fourth-order valence-corrected chi connectivity index (χ4v) is 3.01. The van der Waals surface area contributed by atoms with Gasteiger partial charge in [0, 0.05) is 6.54 Å². The minimum atomic E-state index is 0.535. The fourth-order valence-electron chi connectivity index (χ4n) is 2.59. The molecule has 0 aromatic carbocycles. The Morgan fingerprint density at radius 3 is 2.07 bits per heavy atom. The van der Waals surface area contributed by atoms with Crippen molar-refractivity contribution >= 4 is 12.6 Å². The monoisotopic (exact) mass is 215 g/mol. The number of hydrogen-bond acceptors (Lipinski definition) is 2. The molecule has 14 heavy (non-hydrogen) atoms. The molecule has 0 saturated heterocycles. The highest BCUT2D eigenvalue weighted by Gasteiger charge is 2.31. The molecule has 0 radical (unpaired) electrons.